The number of rotatable bonds is 4. The molecule has 0 saturated carbocycles. The molecule has 1 aromatic heterocycles. The monoisotopic (exact) mass is 261 g/mol. The minimum atomic E-state index is -0.797. The minimum Gasteiger partial charge on any atom is -0.481 e. The summed E-state index contributed by atoms with van der Waals surface area (Å²) < 4.78 is 0. The number of thioether (sulfide) groups is 1. The number of aromatic nitrogens is 1. The first kappa shape index (κ1) is 12.9. The first-order valence-electron chi connectivity index (χ1n) is 5.85. The van der Waals surface area contributed by atoms with E-state index in [0.717, 1.165) is 27.9 Å². The first-order valence-corrected chi connectivity index (χ1v) is 6.83. The van der Waals surface area contributed by atoms with E-state index in [0.29, 0.717) is 0 Å². The van der Waals surface area contributed by atoms with E-state index in [1.807, 2.05) is 19.1 Å². The molecular formula is C14H15NO2S. The summed E-state index contributed by atoms with van der Waals surface area (Å²) in [6.07, 6.45) is 0.965. The highest BCUT2D eigenvalue weighted by Gasteiger charge is 2.07. The molecule has 94 valence electrons. The van der Waals surface area contributed by atoms with E-state index in [-0.39, 0.29) is 5.75 Å². The minimum absolute atomic E-state index is 0.0783. The van der Waals surface area contributed by atoms with Crippen LogP contribution < -0.4 is 0 Å². The van der Waals surface area contributed by atoms with Gasteiger partial charge in [0, 0.05) is 16.0 Å². The molecule has 0 aliphatic rings. The molecule has 1 N–H and O–H groups in total. The smallest absolute Gasteiger partial charge is 0.313 e. The van der Waals surface area contributed by atoms with Crippen molar-refractivity contribution < 1.29 is 9.90 Å². The molecule has 0 radical (unpaired) electrons. The molecule has 2 aromatic rings. The Bertz CT molecular complexity index is 596. The number of nitrogens with zero attached hydrogens (tertiary/aromatic N) is 1. The van der Waals surface area contributed by atoms with Crippen LogP contribution in [-0.2, 0) is 11.2 Å². The summed E-state index contributed by atoms with van der Waals surface area (Å²) in [5.74, 6) is -0.719. The second kappa shape index (κ2) is 5.40. The molecular weight excluding hydrogens is 246 g/mol. The summed E-state index contributed by atoms with van der Waals surface area (Å²) >= 11 is 1.35. The van der Waals surface area contributed by atoms with Crippen molar-refractivity contribution in [3.05, 3.63) is 35.5 Å². The van der Waals surface area contributed by atoms with Crippen LogP contribution in [0.5, 0.6) is 0 Å². The molecule has 0 spiro atoms. The van der Waals surface area contributed by atoms with E-state index in [1.165, 1.54) is 17.3 Å². The van der Waals surface area contributed by atoms with Crippen molar-refractivity contribution in [2.45, 2.75) is 25.2 Å². The average molecular weight is 261 g/mol. The zero-order chi connectivity index (χ0) is 13.1. The normalized spacial score (nSPS) is 10.8. The Morgan fingerprint density at radius 1 is 1.39 bits per heavy atom. The van der Waals surface area contributed by atoms with E-state index in [9.17, 15) is 4.79 Å². The van der Waals surface area contributed by atoms with Gasteiger partial charge in [0.15, 0.2) is 0 Å². The van der Waals surface area contributed by atoms with Crippen LogP contribution in [-0.4, -0.2) is 21.8 Å². The third-order valence-electron chi connectivity index (χ3n) is 2.72. The fourth-order valence-electron chi connectivity index (χ4n) is 1.85. The summed E-state index contributed by atoms with van der Waals surface area (Å²) in [4.78, 5) is 16.2. The molecule has 2 rings (SSSR count). The number of pyridine rings is 1. The summed E-state index contributed by atoms with van der Waals surface area (Å²) in [7, 11) is 0. The van der Waals surface area contributed by atoms with Crippen molar-refractivity contribution in [2.24, 2.45) is 0 Å². The Balaban J connectivity index is 2.50. The number of carboxylic acid groups (broad SMARTS) is 1. The fourth-order valence-corrected chi connectivity index (χ4v) is 2.70. The fraction of sp³-hybridized carbons (Fsp3) is 0.286. The van der Waals surface area contributed by atoms with E-state index >= 15 is 0 Å². The van der Waals surface area contributed by atoms with Crippen LogP contribution >= 0.6 is 11.8 Å². The molecule has 0 saturated heterocycles. The summed E-state index contributed by atoms with van der Waals surface area (Å²) in [5.41, 5.74) is 3.09. The number of aliphatic carboxylic acids is 1. The van der Waals surface area contributed by atoms with Gasteiger partial charge in [-0.1, -0.05) is 13.0 Å². The SMILES string of the molecule is CCc1ccc2nc(C)cc(SCC(=O)O)c2c1. The van der Waals surface area contributed by atoms with Crippen LogP contribution in [0, 0.1) is 6.92 Å². The number of benzene rings is 1. The number of carbonyl (C=O) groups is 1. The highest BCUT2D eigenvalue weighted by molar-refractivity contribution is 8.00. The first-order chi connectivity index (χ1) is 8.60. The summed E-state index contributed by atoms with van der Waals surface area (Å²) in [5, 5.41) is 9.83. The molecule has 0 fully saturated rings. The predicted octanol–water partition coefficient (Wildman–Crippen LogP) is 3.28. The molecule has 0 amide bonds. The van der Waals surface area contributed by atoms with Gasteiger partial charge in [-0.15, -0.1) is 11.8 Å². The maximum atomic E-state index is 10.7. The number of carboxylic acids is 1. The molecule has 3 nitrogen and oxygen atoms in total. The van der Waals surface area contributed by atoms with Gasteiger partial charge in [-0.2, -0.15) is 0 Å². The Morgan fingerprint density at radius 2 is 2.17 bits per heavy atom. The highest BCUT2D eigenvalue weighted by Crippen LogP contribution is 2.28. The van der Waals surface area contributed by atoms with Crippen molar-refractivity contribution in [1.82, 2.24) is 4.98 Å². The van der Waals surface area contributed by atoms with Crippen molar-refractivity contribution in [3.8, 4) is 0 Å². The largest absolute Gasteiger partial charge is 0.481 e. The Labute approximate surface area is 110 Å². The van der Waals surface area contributed by atoms with E-state index < -0.39 is 5.97 Å². The molecule has 0 aliphatic heterocycles. The van der Waals surface area contributed by atoms with Crippen LogP contribution in [0.1, 0.15) is 18.2 Å². The molecule has 0 unspecified atom stereocenters. The molecule has 0 atom stereocenters. The van der Waals surface area contributed by atoms with Gasteiger partial charge in [0.2, 0.25) is 0 Å². The number of fused-ring (bicyclic) bond motifs is 1. The Kier molecular flexibility index (Phi) is 3.87. The lowest BCUT2D eigenvalue weighted by Gasteiger charge is -2.08. The van der Waals surface area contributed by atoms with Gasteiger partial charge in [0.05, 0.1) is 11.3 Å². The molecule has 1 heterocycles. The molecule has 1 aromatic carbocycles. The van der Waals surface area contributed by atoms with Crippen LogP contribution in [0.4, 0.5) is 0 Å². The Morgan fingerprint density at radius 3 is 2.83 bits per heavy atom. The number of hydrogen-bond donors (Lipinski definition) is 1. The van der Waals surface area contributed by atoms with Crippen LogP contribution in [0.15, 0.2) is 29.2 Å². The van der Waals surface area contributed by atoms with Crippen molar-refractivity contribution in [2.75, 3.05) is 5.75 Å². The average Bonchev–Trinajstić information content (AvgIpc) is 2.35. The zero-order valence-electron chi connectivity index (χ0n) is 10.4. The van der Waals surface area contributed by atoms with Gasteiger partial charge in [-0.25, -0.2) is 0 Å². The molecule has 4 heteroatoms. The van der Waals surface area contributed by atoms with Crippen molar-refractivity contribution in [1.29, 1.82) is 0 Å². The van der Waals surface area contributed by atoms with Crippen LogP contribution in [0.25, 0.3) is 10.9 Å². The second-order valence-corrected chi connectivity index (χ2v) is 5.17. The molecule has 18 heavy (non-hydrogen) atoms. The summed E-state index contributed by atoms with van der Waals surface area (Å²) in [6.45, 7) is 4.03. The highest BCUT2D eigenvalue weighted by atomic mass is 32.2. The quantitative estimate of drug-likeness (QED) is 0.858. The van der Waals surface area contributed by atoms with Crippen molar-refractivity contribution in [3.63, 3.8) is 0 Å². The topological polar surface area (TPSA) is 50.2 Å². The summed E-state index contributed by atoms with van der Waals surface area (Å²) in [6, 6.07) is 8.13. The second-order valence-electron chi connectivity index (χ2n) is 4.15. The van der Waals surface area contributed by atoms with Gasteiger partial charge >= 0.3 is 5.97 Å². The lowest BCUT2D eigenvalue weighted by atomic mass is 10.1. The third-order valence-corrected chi connectivity index (χ3v) is 3.76. The maximum absolute atomic E-state index is 10.7. The molecule has 0 bridgehead atoms. The van der Waals surface area contributed by atoms with Gasteiger partial charge in [-0.05, 0) is 37.1 Å². The number of hydrogen-bond acceptors (Lipinski definition) is 3. The lowest BCUT2D eigenvalue weighted by molar-refractivity contribution is -0.133. The standard InChI is InChI=1S/C14H15NO2S/c1-3-10-4-5-12-11(7-10)13(6-9(2)15-12)18-8-14(16)17/h4-7H,3,8H2,1-2H3,(H,16,17). The van der Waals surface area contributed by atoms with Crippen LogP contribution in [0.3, 0.4) is 0 Å². The maximum Gasteiger partial charge on any atom is 0.313 e. The predicted molar refractivity (Wildman–Crippen MR) is 74.2 cm³/mol. The van der Waals surface area contributed by atoms with E-state index in [2.05, 4.69) is 24.0 Å². The lowest BCUT2D eigenvalue weighted by Crippen LogP contribution is -1.98. The zero-order valence-corrected chi connectivity index (χ0v) is 11.3. The van der Waals surface area contributed by atoms with Crippen molar-refractivity contribution >= 4 is 28.6 Å². The Hall–Kier alpha value is -1.55. The van der Waals surface area contributed by atoms with Gasteiger partial charge in [0.25, 0.3) is 0 Å². The van der Waals surface area contributed by atoms with E-state index in [4.69, 9.17) is 5.11 Å². The number of aryl methyl sites for hydroxylation is 2. The van der Waals surface area contributed by atoms with Gasteiger partial charge < -0.3 is 5.11 Å². The third kappa shape index (κ3) is 2.82. The molecule has 0 aliphatic carbocycles. The van der Waals surface area contributed by atoms with E-state index in [1.54, 1.807) is 0 Å². The van der Waals surface area contributed by atoms with Gasteiger partial charge in [0.1, 0.15) is 0 Å². The van der Waals surface area contributed by atoms with Gasteiger partial charge in [-0.3, -0.25) is 9.78 Å². The van der Waals surface area contributed by atoms with Crippen LogP contribution in [0.2, 0.25) is 0 Å².